The van der Waals surface area contributed by atoms with Gasteiger partial charge in [-0.05, 0) is 36.6 Å². The van der Waals surface area contributed by atoms with E-state index in [-0.39, 0.29) is 18.5 Å². The van der Waals surface area contributed by atoms with E-state index in [0.717, 1.165) is 39.7 Å². The molecule has 4 aromatic rings. The highest BCUT2D eigenvalue weighted by Gasteiger charge is 2.70. The molecule has 2 N–H and O–H groups in total. The van der Waals surface area contributed by atoms with Gasteiger partial charge in [0.25, 0.3) is 5.92 Å². The van der Waals surface area contributed by atoms with Crippen molar-refractivity contribution in [1.29, 1.82) is 0 Å². The summed E-state index contributed by atoms with van der Waals surface area (Å²) < 4.78 is 28.6. The van der Waals surface area contributed by atoms with Gasteiger partial charge < -0.3 is 4.90 Å². The van der Waals surface area contributed by atoms with Crippen LogP contribution in [-0.2, 0) is 0 Å². The molecule has 0 saturated carbocycles. The van der Waals surface area contributed by atoms with Crippen molar-refractivity contribution in [2.24, 2.45) is 0 Å². The Balaban J connectivity index is 1.16. The standard InChI is InChI=1S/C23H22F2N8/c1-32(13-6-18-19-8-23(24,25)20(7-13)33(18)19)21-5-4-17(29-30-21)15-3-2-14(12-9-26-27-10-12)16-11-28-31-22(15)16/h2-5,9-11,13,18-20H,6-8H2,1H3,(H,26,27)(H,28,31). The maximum Gasteiger partial charge on any atom is 0.264 e. The second-order valence-electron chi connectivity index (χ2n) is 9.38. The van der Waals surface area contributed by atoms with Crippen molar-refractivity contribution < 1.29 is 8.78 Å². The first-order chi connectivity index (χ1) is 16.0. The maximum absolute atomic E-state index is 14.3. The number of rotatable bonds is 4. The van der Waals surface area contributed by atoms with Crippen LogP contribution in [0.5, 0.6) is 0 Å². The lowest BCUT2D eigenvalue weighted by Crippen LogP contribution is -2.49. The Kier molecular flexibility index (Phi) is 3.80. The third-order valence-corrected chi connectivity index (χ3v) is 7.72. The summed E-state index contributed by atoms with van der Waals surface area (Å²) in [7, 11) is 1.94. The molecule has 3 saturated heterocycles. The van der Waals surface area contributed by atoms with E-state index in [2.05, 4.69) is 30.6 Å². The lowest BCUT2D eigenvalue weighted by molar-refractivity contribution is -0.0496. The summed E-state index contributed by atoms with van der Waals surface area (Å²) in [4.78, 5) is 4.04. The van der Waals surface area contributed by atoms with Gasteiger partial charge in [0.2, 0.25) is 0 Å². The fraction of sp³-hybridized carbons (Fsp3) is 0.391. The third-order valence-electron chi connectivity index (χ3n) is 7.72. The van der Waals surface area contributed by atoms with Crippen LogP contribution >= 0.6 is 0 Å². The largest absolute Gasteiger partial charge is 0.355 e. The zero-order valence-corrected chi connectivity index (χ0v) is 17.9. The number of alkyl halides is 2. The summed E-state index contributed by atoms with van der Waals surface area (Å²) in [6.45, 7) is 0. The summed E-state index contributed by atoms with van der Waals surface area (Å²) >= 11 is 0. The van der Waals surface area contributed by atoms with Crippen LogP contribution < -0.4 is 4.90 Å². The predicted octanol–water partition coefficient (Wildman–Crippen LogP) is 3.47. The molecule has 0 radical (unpaired) electrons. The number of nitrogens with one attached hydrogen (secondary N) is 2. The Morgan fingerprint density at radius 3 is 2.70 bits per heavy atom. The van der Waals surface area contributed by atoms with E-state index in [4.69, 9.17) is 0 Å². The highest BCUT2D eigenvalue weighted by Crippen LogP contribution is 2.57. The zero-order valence-electron chi connectivity index (χ0n) is 17.9. The summed E-state index contributed by atoms with van der Waals surface area (Å²) in [6.07, 6.45) is 6.81. The lowest BCUT2D eigenvalue weighted by Gasteiger charge is -2.38. The Hall–Kier alpha value is -3.40. The second-order valence-corrected chi connectivity index (χ2v) is 9.38. The average Bonchev–Trinajstić information content (AvgIpc) is 3.28. The summed E-state index contributed by atoms with van der Waals surface area (Å²) in [5.74, 6) is -1.87. The van der Waals surface area contributed by atoms with E-state index in [9.17, 15) is 8.78 Å². The smallest absolute Gasteiger partial charge is 0.264 e. The summed E-state index contributed by atoms with van der Waals surface area (Å²) in [6, 6.07) is 7.65. The predicted molar refractivity (Wildman–Crippen MR) is 119 cm³/mol. The molecule has 3 aliphatic heterocycles. The zero-order chi connectivity index (χ0) is 22.3. The number of aromatic nitrogens is 6. The molecule has 3 aliphatic rings. The monoisotopic (exact) mass is 448 g/mol. The molecule has 0 aliphatic carbocycles. The number of fused-ring (bicyclic) bond motifs is 2. The SMILES string of the molecule is CN(c1ccc(-c2ccc(-c3cn[nH]c3)c3cn[nH]c23)nn1)C1CC2C3CC(F)(F)C(C1)N23. The highest BCUT2D eigenvalue weighted by molar-refractivity contribution is 6.01. The quantitative estimate of drug-likeness (QED) is 0.465. The Morgan fingerprint density at radius 1 is 1.03 bits per heavy atom. The molecular formula is C23H22F2N8. The molecule has 33 heavy (non-hydrogen) atoms. The number of hydrogen-bond donors (Lipinski definition) is 2. The number of aromatic amines is 2. The van der Waals surface area contributed by atoms with Gasteiger partial charge in [0.15, 0.2) is 5.82 Å². The van der Waals surface area contributed by atoms with Gasteiger partial charge in [-0.1, -0.05) is 6.07 Å². The minimum Gasteiger partial charge on any atom is -0.355 e. The Bertz CT molecular complexity index is 1330. The minimum absolute atomic E-state index is 0.0225. The van der Waals surface area contributed by atoms with Crippen molar-refractivity contribution in [3.63, 3.8) is 0 Å². The highest BCUT2D eigenvalue weighted by atomic mass is 19.3. The maximum atomic E-state index is 14.3. The molecule has 5 unspecified atom stereocenters. The molecular weight excluding hydrogens is 426 g/mol. The molecule has 168 valence electrons. The van der Waals surface area contributed by atoms with Crippen molar-refractivity contribution in [2.75, 3.05) is 11.9 Å². The molecule has 3 fully saturated rings. The number of halogens is 2. The van der Waals surface area contributed by atoms with Gasteiger partial charge in [0.05, 0.1) is 29.6 Å². The number of benzene rings is 1. The lowest BCUT2D eigenvalue weighted by atomic mass is 9.89. The van der Waals surface area contributed by atoms with Gasteiger partial charge in [-0.3, -0.25) is 15.1 Å². The van der Waals surface area contributed by atoms with Crippen molar-refractivity contribution in [1.82, 2.24) is 35.5 Å². The van der Waals surface area contributed by atoms with Crippen LogP contribution in [0, 0.1) is 0 Å². The fourth-order valence-corrected chi connectivity index (χ4v) is 5.96. The van der Waals surface area contributed by atoms with Gasteiger partial charge in [0.1, 0.15) is 0 Å². The van der Waals surface area contributed by atoms with Crippen molar-refractivity contribution >= 4 is 16.7 Å². The Labute approximate surface area is 188 Å². The van der Waals surface area contributed by atoms with E-state index in [1.54, 1.807) is 12.4 Å². The van der Waals surface area contributed by atoms with Gasteiger partial charge >= 0.3 is 0 Å². The number of H-pyrrole nitrogens is 2. The molecule has 0 bridgehead atoms. The second kappa shape index (κ2) is 6.57. The van der Waals surface area contributed by atoms with Crippen molar-refractivity contribution in [2.45, 2.75) is 49.4 Å². The molecule has 8 nitrogen and oxygen atoms in total. The van der Waals surface area contributed by atoms with Crippen molar-refractivity contribution in [3.8, 4) is 22.4 Å². The van der Waals surface area contributed by atoms with Crippen LogP contribution in [-0.4, -0.2) is 72.6 Å². The van der Waals surface area contributed by atoms with Crippen LogP contribution in [0.25, 0.3) is 33.3 Å². The normalized spacial score (nSPS) is 29.2. The van der Waals surface area contributed by atoms with Gasteiger partial charge in [-0.15, -0.1) is 10.2 Å². The molecule has 5 atom stereocenters. The minimum atomic E-state index is -2.58. The van der Waals surface area contributed by atoms with E-state index >= 15 is 0 Å². The van der Waals surface area contributed by atoms with Crippen LogP contribution in [0.1, 0.15) is 19.3 Å². The van der Waals surface area contributed by atoms with E-state index in [0.29, 0.717) is 18.3 Å². The van der Waals surface area contributed by atoms with Gasteiger partial charge in [-0.2, -0.15) is 10.2 Å². The first kappa shape index (κ1) is 19.1. The molecule has 0 amide bonds. The number of piperidine rings is 2. The molecule has 7 rings (SSSR count). The van der Waals surface area contributed by atoms with Gasteiger partial charge in [-0.25, -0.2) is 8.78 Å². The van der Waals surface area contributed by atoms with Crippen LogP contribution in [0.2, 0.25) is 0 Å². The number of hydrogen-bond acceptors (Lipinski definition) is 6. The fourth-order valence-electron chi connectivity index (χ4n) is 5.96. The summed E-state index contributed by atoms with van der Waals surface area (Å²) in [5, 5.41) is 24.1. The molecule has 6 heterocycles. The molecule has 0 spiro atoms. The molecule has 3 aromatic heterocycles. The van der Waals surface area contributed by atoms with Gasteiger partial charge in [0, 0.05) is 54.3 Å². The van der Waals surface area contributed by atoms with E-state index < -0.39 is 12.0 Å². The van der Waals surface area contributed by atoms with E-state index in [1.165, 1.54) is 0 Å². The van der Waals surface area contributed by atoms with Crippen LogP contribution in [0.3, 0.4) is 0 Å². The molecule has 10 heteroatoms. The van der Waals surface area contributed by atoms with Crippen LogP contribution in [0.15, 0.2) is 42.9 Å². The third kappa shape index (κ3) is 2.76. The van der Waals surface area contributed by atoms with Crippen LogP contribution in [0.4, 0.5) is 14.6 Å². The van der Waals surface area contributed by atoms with Crippen molar-refractivity contribution in [3.05, 3.63) is 42.9 Å². The number of nitrogens with zero attached hydrogens (tertiary/aromatic N) is 6. The Morgan fingerprint density at radius 2 is 1.91 bits per heavy atom. The summed E-state index contributed by atoms with van der Waals surface area (Å²) in [5.41, 5.74) is 4.51. The average molecular weight is 448 g/mol. The molecule has 1 aromatic carbocycles. The first-order valence-corrected chi connectivity index (χ1v) is 11.2. The first-order valence-electron chi connectivity index (χ1n) is 11.2. The topological polar surface area (TPSA) is 89.4 Å². The van der Waals surface area contributed by atoms with E-state index in [1.807, 2.05) is 47.3 Å². The number of anilines is 1.